The first-order valence-corrected chi connectivity index (χ1v) is 10.2. The summed E-state index contributed by atoms with van der Waals surface area (Å²) in [7, 11) is -4.11. The summed E-state index contributed by atoms with van der Waals surface area (Å²) in [6.07, 6.45) is -3.84. The molecule has 3 rings (SSSR count). The number of thiophene rings is 1. The Kier molecular flexibility index (Phi) is 4.85. The fourth-order valence-corrected chi connectivity index (χ4v) is 4.37. The normalized spacial score (nSPS) is 12.4. The van der Waals surface area contributed by atoms with Crippen molar-refractivity contribution in [2.45, 2.75) is 11.1 Å². The molecule has 1 heterocycles. The molecule has 0 atom stereocenters. The van der Waals surface area contributed by atoms with Crippen molar-refractivity contribution < 1.29 is 30.4 Å². The quantitative estimate of drug-likeness (QED) is 0.505. The Labute approximate surface area is 155 Å². The van der Waals surface area contributed by atoms with E-state index in [1.807, 2.05) is 0 Å². The molecule has 2 aromatic carbocycles. The van der Waals surface area contributed by atoms with Crippen molar-refractivity contribution in [2.75, 3.05) is 6.26 Å². The van der Waals surface area contributed by atoms with Gasteiger partial charge in [0.05, 0.1) is 5.56 Å². The number of alkyl halides is 3. The van der Waals surface area contributed by atoms with Crippen LogP contribution in [0.15, 0.2) is 52.1 Å². The molecule has 0 amide bonds. The Morgan fingerprint density at radius 2 is 1.44 bits per heavy atom. The van der Waals surface area contributed by atoms with E-state index in [0.717, 1.165) is 35.6 Å². The van der Waals surface area contributed by atoms with Crippen LogP contribution in [0.3, 0.4) is 0 Å². The van der Waals surface area contributed by atoms with Crippen molar-refractivity contribution in [1.82, 2.24) is 0 Å². The van der Waals surface area contributed by atoms with E-state index < -0.39 is 38.1 Å². The summed E-state index contributed by atoms with van der Waals surface area (Å²) >= 11 is 1.15. The molecule has 0 radical (unpaired) electrons. The number of hydrogen-bond donors (Lipinski definition) is 0. The van der Waals surface area contributed by atoms with Crippen LogP contribution in [0.25, 0.3) is 22.3 Å². The smallest absolute Gasteiger partial charge is 0.224 e. The van der Waals surface area contributed by atoms with Crippen LogP contribution in [0.2, 0.25) is 0 Å². The summed E-state index contributed by atoms with van der Waals surface area (Å²) in [6, 6.07) is 6.29. The van der Waals surface area contributed by atoms with Gasteiger partial charge >= 0.3 is 6.18 Å². The summed E-state index contributed by atoms with van der Waals surface area (Å²) in [5, 5.41) is 3.09. The largest absolute Gasteiger partial charge is 0.416 e. The van der Waals surface area contributed by atoms with Gasteiger partial charge in [-0.1, -0.05) is 12.1 Å². The van der Waals surface area contributed by atoms with Gasteiger partial charge in [-0.2, -0.15) is 24.5 Å². The van der Waals surface area contributed by atoms with Crippen LogP contribution < -0.4 is 0 Å². The molecule has 3 aromatic rings. The van der Waals surface area contributed by atoms with Gasteiger partial charge in [-0.3, -0.25) is 0 Å². The molecule has 0 fully saturated rings. The predicted molar refractivity (Wildman–Crippen MR) is 93.2 cm³/mol. The zero-order valence-electron chi connectivity index (χ0n) is 13.6. The molecule has 142 valence electrons. The first-order chi connectivity index (χ1) is 12.5. The van der Waals surface area contributed by atoms with Crippen molar-refractivity contribution >= 4 is 21.2 Å². The third kappa shape index (κ3) is 3.89. The molecule has 0 unspecified atom stereocenters. The topological polar surface area (TPSA) is 34.1 Å². The fraction of sp³-hybridized carbons (Fsp3) is 0.111. The maximum absolute atomic E-state index is 14.2. The zero-order valence-corrected chi connectivity index (χ0v) is 15.3. The first-order valence-electron chi connectivity index (χ1n) is 7.42. The van der Waals surface area contributed by atoms with Crippen molar-refractivity contribution in [3.05, 3.63) is 64.4 Å². The lowest BCUT2D eigenvalue weighted by Gasteiger charge is -2.11. The Morgan fingerprint density at radius 1 is 0.889 bits per heavy atom. The molecular formula is C18H11F5O2S2. The summed E-state index contributed by atoms with van der Waals surface area (Å²) in [5.41, 5.74) is 0.0799. The molecule has 0 saturated heterocycles. The monoisotopic (exact) mass is 418 g/mol. The Bertz CT molecular complexity index is 1090. The standard InChI is InChI=1S/C18H11F5O2S2/c1-27(24,25)17-15(19)6-11(7-16(17)20)14-9-26-8-13(14)10-3-2-4-12(5-10)18(21,22)23/h2-9H,1H3. The highest BCUT2D eigenvalue weighted by Gasteiger charge is 2.30. The minimum absolute atomic E-state index is 0.0334. The van der Waals surface area contributed by atoms with E-state index in [1.54, 1.807) is 5.38 Å². The van der Waals surface area contributed by atoms with Crippen molar-refractivity contribution in [1.29, 1.82) is 0 Å². The molecule has 1 aromatic heterocycles. The summed E-state index contributed by atoms with van der Waals surface area (Å²) in [4.78, 5) is -1.04. The molecular weight excluding hydrogens is 407 g/mol. The molecule has 0 spiro atoms. The molecule has 0 saturated carbocycles. The first kappa shape index (κ1) is 19.5. The van der Waals surface area contributed by atoms with Crippen LogP contribution in [-0.2, 0) is 16.0 Å². The van der Waals surface area contributed by atoms with E-state index in [-0.39, 0.29) is 11.1 Å². The summed E-state index contributed by atoms with van der Waals surface area (Å²) in [5.74, 6) is -2.51. The van der Waals surface area contributed by atoms with Gasteiger partial charge in [0.2, 0.25) is 0 Å². The Morgan fingerprint density at radius 3 is 1.96 bits per heavy atom. The number of hydrogen-bond acceptors (Lipinski definition) is 3. The lowest BCUT2D eigenvalue weighted by molar-refractivity contribution is -0.137. The van der Waals surface area contributed by atoms with Crippen LogP contribution in [-0.4, -0.2) is 14.7 Å². The second-order valence-corrected chi connectivity index (χ2v) is 8.52. The van der Waals surface area contributed by atoms with Crippen molar-refractivity contribution in [2.24, 2.45) is 0 Å². The maximum Gasteiger partial charge on any atom is 0.416 e. The van der Waals surface area contributed by atoms with Crippen molar-refractivity contribution in [3.63, 3.8) is 0 Å². The molecule has 0 N–H and O–H groups in total. The summed E-state index contributed by atoms with van der Waals surface area (Å²) in [6.45, 7) is 0. The number of rotatable bonds is 3. The van der Waals surface area contributed by atoms with E-state index in [1.165, 1.54) is 17.5 Å². The highest BCUT2D eigenvalue weighted by Crippen LogP contribution is 2.39. The molecule has 0 aliphatic rings. The number of sulfone groups is 1. The molecule has 0 bridgehead atoms. The van der Waals surface area contributed by atoms with Gasteiger partial charge in [-0.05, 0) is 46.2 Å². The van der Waals surface area contributed by atoms with Crippen LogP contribution >= 0.6 is 11.3 Å². The van der Waals surface area contributed by atoms with Gasteiger partial charge in [0.15, 0.2) is 9.84 Å². The second kappa shape index (κ2) is 6.72. The lowest BCUT2D eigenvalue weighted by atomic mass is 9.97. The minimum Gasteiger partial charge on any atom is -0.224 e. The van der Waals surface area contributed by atoms with E-state index in [2.05, 4.69) is 0 Å². The van der Waals surface area contributed by atoms with Crippen LogP contribution in [0.1, 0.15) is 5.56 Å². The van der Waals surface area contributed by atoms with Crippen LogP contribution in [0, 0.1) is 11.6 Å². The maximum atomic E-state index is 14.2. The van der Waals surface area contributed by atoms with E-state index in [9.17, 15) is 30.4 Å². The average Bonchev–Trinajstić information content (AvgIpc) is 3.01. The molecule has 2 nitrogen and oxygen atoms in total. The van der Waals surface area contributed by atoms with Crippen LogP contribution in [0.5, 0.6) is 0 Å². The Hall–Kier alpha value is -2.26. The van der Waals surface area contributed by atoms with Gasteiger partial charge in [-0.25, -0.2) is 17.2 Å². The van der Waals surface area contributed by atoms with Crippen LogP contribution in [0.4, 0.5) is 22.0 Å². The molecule has 0 aliphatic carbocycles. The third-order valence-electron chi connectivity index (χ3n) is 3.84. The van der Waals surface area contributed by atoms with E-state index >= 15 is 0 Å². The van der Waals surface area contributed by atoms with Gasteiger partial charge in [0.1, 0.15) is 16.5 Å². The SMILES string of the molecule is CS(=O)(=O)c1c(F)cc(-c2cscc2-c2cccc(C(F)(F)F)c2)cc1F. The van der Waals surface area contributed by atoms with E-state index in [0.29, 0.717) is 17.4 Å². The Balaban J connectivity index is 2.15. The lowest BCUT2D eigenvalue weighted by Crippen LogP contribution is -2.05. The fourth-order valence-electron chi connectivity index (χ4n) is 2.68. The van der Waals surface area contributed by atoms with Crippen molar-refractivity contribution in [3.8, 4) is 22.3 Å². The molecule has 27 heavy (non-hydrogen) atoms. The minimum atomic E-state index is -4.53. The van der Waals surface area contributed by atoms with Gasteiger partial charge < -0.3 is 0 Å². The zero-order chi connectivity index (χ0) is 20.0. The van der Waals surface area contributed by atoms with Gasteiger partial charge in [-0.15, -0.1) is 0 Å². The predicted octanol–water partition coefficient (Wildman–Crippen LogP) is 5.78. The summed E-state index contributed by atoms with van der Waals surface area (Å²) < 4.78 is 90.2. The highest BCUT2D eigenvalue weighted by molar-refractivity contribution is 7.90. The number of benzene rings is 2. The average molecular weight is 418 g/mol. The second-order valence-electron chi connectivity index (χ2n) is 5.82. The van der Waals surface area contributed by atoms with E-state index in [4.69, 9.17) is 0 Å². The molecule has 9 heteroatoms. The molecule has 0 aliphatic heterocycles. The van der Waals surface area contributed by atoms with Gasteiger partial charge in [0.25, 0.3) is 0 Å². The van der Waals surface area contributed by atoms with Gasteiger partial charge in [0, 0.05) is 17.4 Å². The number of halogens is 5. The highest BCUT2D eigenvalue weighted by atomic mass is 32.2. The third-order valence-corrected chi connectivity index (χ3v) is 5.72.